The topological polar surface area (TPSA) is 90.9 Å². The molecule has 0 radical (unpaired) electrons. The molecule has 1 fully saturated rings. The number of carbonyl (C=O) groups excluding carboxylic acids is 3. The van der Waals surface area contributed by atoms with E-state index in [0.29, 0.717) is 12.8 Å². The molecule has 7 nitrogen and oxygen atoms in total. The van der Waals surface area contributed by atoms with Crippen molar-refractivity contribution in [2.75, 3.05) is 0 Å². The zero-order valence-corrected chi connectivity index (χ0v) is 16.3. The minimum Gasteiger partial charge on any atom is -0.461 e. The summed E-state index contributed by atoms with van der Waals surface area (Å²) in [7, 11) is 0. The van der Waals surface area contributed by atoms with Crippen LogP contribution >= 0.6 is 0 Å². The van der Waals surface area contributed by atoms with Crippen LogP contribution < -0.4 is 5.32 Å². The second-order valence-electron chi connectivity index (χ2n) is 8.37. The predicted molar refractivity (Wildman–Crippen MR) is 91.8 cm³/mol. The summed E-state index contributed by atoms with van der Waals surface area (Å²) in [5, 5.41) is 3.13. The summed E-state index contributed by atoms with van der Waals surface area (Å²) in [5.74, 6) is -1.13. The third-order valence-corrected chi connectivity index (χ3v) is 3.42. The van der Waals surface area contributed by atoms with Gasteiger partial charge in [-0.2, -0.15) is 0 Å². The maximum Gasteiger partial charge on any atom is 0.323 e. The molecule has 0 bridgehead atoms. The molecule has 144 valence electrons. The van der Waals surface area contributed by atoms with Crippen molar-refractivity contribution < 1.29 is 28.6 Å². The lowest BCUT2D eigenvalue weighted by Gasteiger charge is -2.23. The Balaban J connectivity index is 2.66. The highest BCUT2D eigenvalue weighted by molar-refractivity contribution is 5.77. The third-order valence-electron chi connectivity index (χ3n) is 3.42. The average Bonchev–Trinajstić information content (AvgIpc) is 2.74. The number of ether oxygens (including phenoxy) is 3. The van der Waals surface area contributed by atoms with Crippen molar-refractivity contribution in [3.8, 4) is 0 Å². The van der Waals surface area contributed by atoms with Crippen LogP contribution in [0.1, 0.15) is 67.7 Å². The highest BCUT2D eigenvalue weighted by Gasteiger charge is 2.41. The summed E-state index contributed by atoms with van der Waals surface area (Å²) in [5.41, 5.74) is -1.14. The SMILES string of the molecule is CC(=O)O[C@@H]1C[C@@H](C(=O)OC(C)(C)C)N[C@H]1CCC(=O)OC(C)(C)C. The van der Waals surface area contributed by atoms with Gasteiger partial charge in [0.1, 0.15) is 23.3 Å². The lowest BCUT2D eigenvalue weighted by molar-refractivity contribution is -0.158. The molecule has 0 amide bonds. The highest BCUT2D eigenvalue weighted by Crippen LogP contribution is 2.24. The lowest BCUT2D eigenvalue weighted by atomic mass is 10.1. The smallest absolute Gasteiger partial charge is 0.323 e. The molecule has 1 aliphatic rings. The van der Waals surface area contributed by atoms with Gasteiger partial charge in [0.25, 0.3) is 0 Å². The van der Waals surface area contributed by atoms with Crippen molar-refractivity contribution in [3.05, 3.63) is 0 Å². The minimum absolute atomic E-state index is 0.174. The van der Waals surface area contributed by atoms with E-state index in [1.807, 2.05) is 0 Å². The molecular weight excluding hydrogens is 326 g/mol. The number of rotatable bonds is 5. The van der Waals surface area contributed by atoms with Crippen LogP contribution in [0.25, 0.3) is 0 Å². The molecule has 0 saturated carbocycles. The molecule has 1 N–H and O–H groups in total. The zero-order valence-electron chi connectivity index (χ0n) is 16.3. The maximum atomic E-state index is 12.2. The van der Waals surface area contributed by atoms with E-state index in [9.17, 15) is 14.4 Å². The van der Waals surface area contributed by atoms with Gasteiger partial charge in [0.05, 0.1) is 0 Å². The van der Waals surface area contributed by atoms with E-state index in [1.54, 1.807) is 41.5 Å². The molecule has 3 atom stereocenters. The van der Waals surface area contributed by atoms with Gasteiger partial charge in [-0.05, 0) is 48.0 Å². The fourth-order valence-corrected chi connectivity index (χ4v) is 2.65. The Morgan fingerprint density at radius 3 is 2.04 bits per heavy atom. The van der Waals surface area contributed by atoms with Gasteiger partial charge >= 0.3 is 17.9 Å². The largest absolute Gasteiger partial charge is 0.461 e. The van der Waals surface area contributed by atoms with Gasteiger partial charge in [0.2, 0.25) is 0 Å². The Kier molecular flexibility index (Phi) is 6.99. The van der Waals surface area contributed by atoms with Crippen LogP contribution in [0.2, 0.25) is 0 Å². The van der Waals surface area contributed by atoms with Crippen LogP contribution in [-0.2, 0) is 28.6 Å². The maximum absolute atomic E-state index is 12.2. The quantitative estimate of drug-likeness (QED) is 0.595. The van der Waals surface area contributed by atoms with E-state index in [1.165, 1.54) is 6.92 Å². The van der Waals surface area contributed by atoms with E-state index in [2.05, 4.69) is 5.32 Å². The fourth-order valence-electron chi connectivity index (χ4n) is 2.65. The van der Waals surface area contributed by atoms with Crippen LogP contribution in [-0.4, -0.2) is 47.3 Å². The van der Waals surface area contributed by atoms with Crippen molar-refractivity contribution in [2.24, 2.45) is 0 Å². The van der Waals surface area contributed by atoms with Crippen LogP contribution in [0.5, 0.6) is 0 Å². The van der Waals surface area contributed by atoms with Crippen molar-refractivity contribution in [1.82, 2.24) is 5.32 Å². The number of hydrogen-bond donors (Lipinski definition) is 1. The van der Waals surface area contributed by atoms with Crippen LogP contribution in [0.15, 0.2) is 0 Å². The second-order valence-corrected chi connectivity index (χ2v) is 8.37. The van der Waals surface area contributed by atoms with E-state index in [0.717, 1.165) is 0 Å². The second kappa shape index (κ2) is 8.17. The number of carbonyl (C=O) groups is 3. The van der Waals surface area contributed by atoms with Gasteiger partial charge in [0.15, 0.2) is 0 Å². The summed E-state index contributed by atoms with van der Waals surface area (Å²) in [6, 6.07) is -0.860. The molecule has 0 aromatic rings. The molecule has 1 aliphatic heterocycles. The molecule has 0 spiro atoms. The Bertz CT molecular complexity index is 503. The summed E-state index contributed by atoms with van der Waals surface area (Å²) >= 11 is 0. The number of esters is 3. The molecule has 25 heavy (non-hydrogen) atoms. The van der Waals surface area contributed by atoms with E-state index in [4.69, 9.17) is 14.2 Å². The molecule has 0 aromatic heterocycles. The molecule has 1 saturated heterocycles. The number of nitrogens with one attached hydrogen (secondary N) is 1. The molecule has 1 rings (SSSR count). The molecule has 1 heterocycles. The zero-order chi connectivity index (χ0) is 19.4. The molecule has 0 unspecified atom stereocenters. The lowest BCUT2D eigenvalue weighted by Crippen LogP contribution is -2.41. The van der Waals surface area contributed by atoms with Crippen molar-refractivity contribution in [1.29, 1.82) is 0 Å². The van der Waals surface area contributed by atoms with Crippen molar-refractivity contribution >= 4 is 17.9 Å². The Morgan fingerprint density at radius 1 is 1.00 bits per heavy atom. The minimum atomic E-state index is -0.593. The van der Waals surface area contributed by atoms with Gasteiger partial charge in [-0.3, -0.25) is 19.7 Å². The normalized spacial score (nSPS) is 23.9. The first-order valence-corrected chi connectivity index (χ1v) is 8.65. The van der Waals surface area contributed by atoms with E-state index < -0.39 is 29.3 Å². The fraction of sp³-hybridized carbons (Fsp3) is 0.833. The van der Waals surface area contributed by atoms with Gasteiger partial charge < -0.3 is 14.2 Å². The van der Waals surface area contributed by atoms with Crippen LogP contribution in [0.4, 0.5) is 0 Å². The number of hydrogen-bond acceptors (Lipinski definition) is 7. The Labute approximate surface area is 149 Å². The van der Waals surface area contributed by atoms with E-state index in [-0.39, 0.29) is 24.4 Å². The van der Waals surface area contributed by atoms with Gasteiger partial charge in [0, 0.05) is 25.8 Å². The predicted octanol–water partition coefficient (Wildman–Crippen LogP) is 2.11. The summed E-state index contributed by atoms with van der Waals surface area (Å²) in [6.07, 6.45) is 0.436. The first kappa shape index (κ1) is 21.4. The van der Waals surface area contributed by atoms with Crippen LogP contribution in [0.3, 0.4) is 0 Å². The third kappa shape index (κ3) is 8.34. The van der Waals surface area contributed by atoms with Gasteiger partial charge in [-0.25, -0.2) is 0 Å². The van der Waals surface area contributed by atoms with Gasteiger partial charge in [-0.15, -0.1) is 0 Å². The Hall–Kier alpha value is -1.63. The van der Waals surface area contributed by atoms with Crippen molar-refractivity contribution in [3.63, 3.8) is 0 Å². The summed E-state index contributed by atoms with van der Waals surface area (Å²) in [6.45, 7) is 12.1. The van der Waals surface area contributed by atoms with Crippen molar-refractivity contribution in [2.45, 2.75) is 97.1 Å². The molecular formula is C18H31NO6. The average molecular weight is 357 g/mol. The van der Waals surface area contributed by atoms with E-state index >= 15 is 0 Å². The first-order chi connectivity index (χ1) is 11.3. The standard InChI is InChI=1S/C18H31NO6/c1-11(20)23-14-10-13(16(22)25-18(5,6)7)19-12(14)8-9-15(21)24-17(2,3)4/h12-14,19H,8-10H2,1-7H3/t12-,13-,14+/m0/s1. The monoisotopic (exact) mass is 357 g/mol. The summed E-state index contributed by atoms with van der Waals surface area (Å²) in [4.78, 5) is 35.5. The molecule has 0 aliphatic carbocycles. The highest BCUT2D eigenvalue weighted by atomic mass is 16.6. The first-order valence-electron chi connectivity index (χ1n) is 8.65. The molecule has 0 aromatic carbocycles. The Morgan fingerprint density at radius 2 is 1.56 bits per heavy atom. The summed E-state index contributed by atoms with van der Waals surface area (Å²) < 4.78 is 16.0. The molecule has 7 heteroatoms. The van der Waals surface area contributed by atoms with Crippen LogP contribution in [0, 0.1) is 0 Å². The van der Waals surface area contributed by atoms with Gasteiger partial charge in [-0.1, -0.05) is 0 Å².